The van der Waals surface area contributed by atoms with Gasteiger partial charge in [0, 0.05) is 11.6 Å². The van der Waals surface area contributed by atoms with Crippen LogP contribution in [0.2, 0.25) is 0 Å². The van der Waals surface area contributed by atoms with E-state index < -0.39 is 11.9 Å². The molecule has 1 aliphatic rings. The predicted molar refractivity (Wildman–Crippen MR) is 127 cm³/mol. The van der Waals surface area contributed by atoms with Crippen molar-refractivity contribution in [3.8, 4) is 11.5 Å². The molecule has 5 rings (SSSR count). The normalized spacial score (nSPS) is 15.2. The number of hydrogen-bond acceptors (Lipinski definition) is 7. The number of carbonyl (C=O) groups excluding carboxylic acids is 1. The third kappa shape index (κ3) is 3.56. The van der Waals surface area contributed by atoms with Crippen LogP contribution in [-0.2, 0) is 0 Å². The Morgan fingerprint density at radius 2 is 2.00 bits per heavy atom. The highest BCUT2D eigenvalue weighted by Crippen LogP contribution is 2.43. The number of aromatic nitrogens is 1. The molecule has 0 spiro atoms. The lowest BCUT2D eigenvalue weighted by molar-refractivity contribution is 0.0971. The number of thiazole rings is 1. The Hall–Kier alpha value is -3.65. The van der Waals surface area contributed by atoms with Crippen molar-refractivity contribution < 1.29 is 18.7 Å². The molecule has 8 heteroatoms. The van der Waals surface area contributed by atoms with Crippen LogP contribution < -0.4 is 19.8 Å². The van der Waals surface area contributed by atoms with E-state index in [-0.39, 0.29) is 11.2 Å². The molecular weight excluding hydrogens is 440 g/mol. The summed E-state index contributed by atoms with van der Waals surface area (Å²) in [4.78, 5) is 32.9. The van der Waals surface area contributed by atoms with Crippen molar-refractivity contribution in [3.63, 3.8) is 0 Å². The third-order valence-electron chi connectivity index (χ3n) is 5.66. The van der Waals surface area contributed by atoms with Crippen molar-refractivity contribution >= 4 is 33.3 Å². The van der Waals surface area contributed by atoms with E-state index in [1.807, 2.05) is 18.2 Å². The molecule has 1 atom stereocenters. The maximum Gasteiger partial charge on any atom is 0.297 e. The molecule has 0 fully saturated rings. The Morgan fingerprint density at radius 3 is 2.76 bits per heavy atom. The summed E-state index contributed by atoms with van der Waals surface area (Å²) >= 11 is 1.32. The van der Waals surface area contributed by atoms with E-state index in [0.29, 0.717) is 45.3 Å². The molecule has 0 bridgehead atoms. The molecule has 7 nitrogen and oxygen atoms in total. The monoisotopic (exact) mass is 462 g/mol. The van der Waals surface area contributed by atoms with Gasteiger partial charge in [-0.1, -0.05) is 31.5 Å². The highest BCUT2D eigenvalue weighted by atomic mass is 32.1. The van der Waals surface area contributed by atoms with Gasteiger partial charge in [0.1, 0.15) is 5.58 Å². The van der Waals surface area contributed by atoms with Crippen molar-refractivity contribution in [3.05, 3.63) is 81.2 Å². The zero-order valence-electron chi connectivity index (χ0n) is 18.2. The molecular formula is C25H22N2O5S. The molecule has 0 saturated heterocycles. The van der Waals surface area contributed by atoms with E-state index in [9.17, 15) is 9.59 Å². The highest BCUT2D eigenvalue weighted by molar-refractivity contribution is 7.13. The maximum atomic E-state index is 13.5. The van der Waals surface area contributed by atoms with Gasteiger partial charge in [0.05, 0.1) is 30.7 Å². The number of fused-ring (bicyclic) bond motifs is 2. The van der Waals surface area contributed by atoms with Gasteiger partial charge in [-0.3, -0.25) is 14.5 Å². The average molecular weight is 463 g/mol. The molecule has 3 heterocycles. The number of rotatable bonds is 7. The number of hydrogen-bond donors (Lipinski definition) is 0. The lowest BCUT2D eigenvalue weighted by Crippen LogP contribution is -2.29. The number of carbonyl (C=O) groups is 1. The van der Waals surface area contributed by atoms with E-state index >= 15 is 0 Å². The number of benzene rings is 2. The molecule has 4 aromatic rings. The number of methoxy groups -OCH3 is 1. The second kappa shape index (κ2) is 8.71. The Kier molecular flexibility index (Phi) is 5.60. The van der Waals surface area contributed by atoms with Crippen molar-refractivity contribution in [2.75, 3.05) is 18.6 Å². The van der Waals surface area contributed by atoms with Gasteiger partial charge in [-0.25, -0.2) is 4.98 Å². The topological polar surface area (TPSA) is 81.9 Å². The highest BCUT2D eigenvalue weighted by Gasteiger charge is 2.45. The Balaban J connectivity index is 1.69. The summed E-state index contributed by atoms with van der Waals surface area (Å²) < 4.78 is 17.4. The van der Waals surface area contributed by atoms with Crippen LogP contribution in [0.4, 0.5) is 5.13 Å². The zero-order valence-corrected chi connectivity index (χ0v) is 19.1. The van der Waals surface area contributed by atoms with Crippen LogP contribution in [0.3, 0.4) is 0 Å². The second-order valence-corrected chi connectivity index (χ2v) is 8.55. The summed E-state index contributed by atoms with van der Waals surface area (Å²) in [6.45, 7) is 2.68. The predicted octanol–water partition coefficient (Wildman–Crippen LogP) is 5.19. The van der Waals surface area contributed by atoms with Gasteiger partial charge in [0.15, 0.2) is 22.1 Å². The summed E-state index contributed by atoms with van der Waals surface area (Å²) in [5.41, 5.74) is 1.16. The Bertz CT molecular complexity index is 1380. The van der Waals surface area contributed by atoms with Gasteiger partial charge >= 0.3 is 0 Å². The van der Waals surface area contributed by atoms with E-state index in [1.165, 1.54) is 16.2 Å². The smallest absolute Gasteiger partial charge is 0.297 e. The first kappa shape index (κ1) is 21.2. The molecule has 33 heavy (non-hydrogen) atoms. The Labute approximate surface area is 194 Å². The summed E-state index contributed by atoms with van der Waals surface area (Å²) in [6, 6.07) is 11.7. The minimum atomic E-state index is -0.696. The van der Waals surface area contributed by atoms with Crippen LogP contribution in [0.1, 0.15) is 47.5 Å². The first-order chi connectivity index (χ1) is 16.1. The fourth-order valence-electron chi connectivity index (χ4n) is 4.07. The standard InChI is InChI=1S/C25H22N2O5S/c1-3-4-12-31-18-10-9-15(14-19(18)30-2)21-20-22(28)16-7-5-6-8-17(16)32-23(20)24(29)27(21)25-26-11-13-33-25/h5-11,13-14,21H,3-4,12H2,1-2H3/t21-/m0/s1. The van der Waals surface area contributed by atoms with Gasteiger partial charge in [0.25, 0.3) is 5.91 Å². The van der Waals surface area contributed by atoms with E-state index in [0.717, 1.165) is 12.8 Å². The van der Waals surface area contributed by atoms with Crippen LogP contribution >= 0.6 is 11.3 Å². The van der Waals surface area contributed by atoms with Gasteiger partial charge < -0.3 is 13.9 Å². The van der Waals surface area contributed by atoms with Crippen molar-refractivity contribution in [2.45, 2.75) is 25.8 Å². The van der Waals surface area contributed by atoms with Crippen LogP contribution in [-0.4, -0.2) is 24.6 Å². The van der Waals surface area contributed by atoms with Crippen molar-refractivity contribution in [1.82, 2.24) is 4.98 Å². The van der Waals surface area contributed by atoms with Crippen molar-refractivity contribution in [2.24, 2.45) is 0 Å². The molecule has 2 aromatic heterocycles. The maximum absolute atomic E-state index is 13.5. The molecule has 168 valence electrons. The first-order valence-electron chi connectivity index (χ1n) is 10.7. The van der Waals surface area contributed by atoms with Gasteiger partial charge in [-0.05, 0) is 36.2 Å². The van der Waals surface area contributed by atoms with Crippen LogP contribution in [0.15, 0.2) is 63.3 Å². The Morgan fingerprint density at radius 1 is 1.15 bits per heavy atom. The molecule has 0 aliphatic carbocycles. The molecule has 2 aromatic carbocycles. The molecule has 0 radical (unpaired) electrons. The number of para-hydroxylation sites is 1. The lowest BCUT2D eigenvalue weighted by atomic mass is 9.98. The van der Waals surface area contributed by atoms with Crippen LogP contribution in [0, 0.1) is 0 Å². The molecule has 1 amide bonds. The SMILES string of the molecule is CCCCOc1ccc([C@H]2c3c(oc4ccccc4c3=O)C(=O)N2c2nccs2)cc1OC. The summed E-state index contributed by atoms with van der Waals surface area (Å²) in [5.74, 6) is 0.801. The molecule has 0 N–H and O–H groups in total. The number of ether oxygens (including phenoxy) is 2. The largest absolute Gasteiger partial charge is 0.493 e. The van der Waals surface area contributed by atoms with Crippen molar-refractivity contribution in [1.29, 1.82) is 0 Å². The minimum absolute atomic E-state index is 0.0427. The van der Waals surface area contributed by atoms with Crippen LogP contribution in [0.25, 0.3) is 11.0 Å². The quantitative estimate of drug-likeness (QED) is 0.352. The zero-order chi connectivity index (χ0) is 22.9. The summed E-state index contributed by atoms with van der Waals surface area (Å²) in [5, 5.41) is 2.71. The minimum Gasteiger partial charge on any atom is -0.493 e. The van der Waals surface area contributed by atoms with Crippen LogP contribution in [0.5, 0.6) is 11.5 Å². The fraction of sp³-hybridized carbons (Fsp3) is 0.240. The van der Waals surface area contributed by atoms with E-state index in [1.54, 1.807) is 43.0 Å². The molecule has 0 saturated carbocycles. The number of amides is 1. The number of anilines is 1. The number of unbranched alkanes of at least 4 members (excludes halogenated alkanes) is 1. The van der Waals surface area contributed by atoms with Gasteiger partial charge in [0.2, 0.25) is 5.76 Å². The second-order valence-electron chi connectivity index (χ2n) is 7.67. The van der Waals surface area contributed by atoms with Gasteiger partial charge in [-0.15, -0.1) is 11.3 Å². The average Bonchev–Trinajstić information content (AvgIpc) is 3.46. The van der Waals surface area contributed by atoms with Gasteiger partial charge in [-0.2, -0.15) is 0 Å². The summed E-state index contributed by atoms with van der Waals surface area (Å²) in [6.07, 6.45) is 3.58. The third-order valence-corrected chi connectivity index (χ3v) is 6.43. The van der Waals surface area contributed by atoms with E-state index in [4.69, 9.17) is 13.9 Å². The lowest BCUT2D eigenvalue weighted by Gasteiger charge is -2.23. The molecule has 0 unspecified atom stereocenters. The first-order valence-corrected chi connectivity index (χ1v) is 11.6. The van der Waals surface area contributed by atoms with E-state index in [2.05, 4.69) is 11.9 Å². The summed E-state index contributed by atoms with van der Waals surface area (Å²) in [7, 11) is 1.57. The molecule has 1 aliphatic heterocycles. The fourth-order valence-corrected chi connectivity index (χ4v) is 4.73. The number of nitrogens with zero attached hydrogens (tertiary/aromatic N) is 2.